The first-order chi connectivity index (χ1) is 12.2. The van der Waals surface area contributed by atoms with Crippen LogP contribution in [-0.2, 0) is 9.59 Å². The van der Waals surface area contributed by atoms with E-state index in [1.807, 2.05) is 6.92 Å². The van der Waals surface area contributed by atoms with Crippen LogP contribution < -0.4 is 0 Å². The Morgan fingerprint density at radius 3 is 2.69 bits per heavy atom. The monoisotopic (exact) mass is 357 g/mol. The normalized spacial score (nSPS) is 62.8. The fourth-order valence-electron chi connectivity index (χ4n) is 9.52. The molecule has 0 amide bonds. The van der Waals surface area contributed by atoms with Crippen molar-refractivity contribution in [2.75, 3.05) is 13.6 Å². The molecule has 140 valence electrons. The number of carbonyl (C=O) groups is 2. The van der Waals surface area contributed by atoms with E-state index in [1.165, 1.54) is 0 Å². The molecule has 2 N–H and O–H groups in total. The lowest BCUT2D eigenvalue weighted by atomic mass is 9.39. The Morgan fingerprint density at radius 1 is 1.23 bits per heavy atom. The lowest BCUT2D eigenvalue weighted by molar-refractivity contribution is -0.240. The molecule has 0 radical (unpaired) electrons. The Bertz CT molecular complexity index is 793. The van der Waals surface area contributed by atoms with E-state index in [0.29, 0.717) is 25.2 Å². The minimum atomic E-state index is -0.886. The molecule has 1 heterocycles. The standard InChI is InChI=1S/C21H27NO4/c1-9-5-20-6-11(23)16-19(2)8-22(3)17-14(20)15(25)10(9)4-13(20)21(16,17)7-12(24)18(19)26/h10,12-14,16-18,24,26H,1,4-8H2,2-3H3. The lowest BCUT2D eigenvalue weighted by Gasteiger charge is -2.67. The van der Waals surface area contributed by atoms with Crippen LogP contribution in [0, 0.1) is 39.9 Å². The molecule has 6 saturated carbocycles. The second-order valence-electron chi connectivity index (χ2n) is 10.6. The summed E-state index contributed by atoms with van der Waals surface area (Å²) in [5.41, 5.74) is -0.280. The first kappa shape index (κ1) is 16.0. The number of nitrogens with zero attached hydrogens (tertiary/aromatic N) is 1. The summed E-state index contributed by atoms with van der Waals surface area (Å²) in [5.74, 6) is 0.382. The number of hydrogen-bond acceptors (Lipinski definition) is 5. The molecule has 5 nitrogen and oxygen atoms in total. The maximum Gasteiger partial charge on any atom is 0.145 e. The topological polar surface area (TPSA) is 77.8 Å². The Kier molecular flexibility index (Phi) is 2.57. The molecular weight excluding hydrogens is 330 g/mol. The van der Waals surface area contributed by atoms with Crippen molar-refractivity contribution in [2.45, 2.75) is 50.9 Å². The molecule has 0 aromatic rings. The fourth-order valence-corrected chi connectivity index (χ4v) is 9.52. The van der Waals surface area contributed by atoms with Crippen molar-refractivity contribution < 1.29 is 19.8 Å². The van der Waals surface area contributed by atoms with E-state index >= 15 is 0 Å². The molecule has 7 rings (SSSR count). The molecule has 0 aromatic carbocycles. The second kappa shape index (κ2) is 4.18. The van der Waals surface area contributed by atoms with E-state index in [4.69, 9.17) is 0 Å². The Hall–Kier alpha value is -1.04. The van der Waals surface area contributed by atoms with E-state index in [0.717, 1.165) is 18.4 Å². The quantitative estimate of drug-likeness (QED) is 0.627. The van der Waals surface area contributed by atoms with Gasteiger partial charge in [0.2, 0.25) is 0 Å². The molecule has 10 atom stereocenters. The van der Waals surface area contributed by atoms with E-state index in [2.05, 4.69) is 18.5 Å². The number of rotatable bonds is 0. The summed E-state index contributed by atoms with van der Waals surface area (Å²) in [6, 6.07) is 0.0183. The van der Waals surface area contributed by atoms with Gasteiger partial charge >= 0.3 is 0 Å². The molecule has 7 aliphatic rings. The molecule has 5 heteroatoms. The highest BCUT2D eigenvalue weighted by Gasteiger charge is 2.84. The minimum Gasteiger partial charge on any atom is -0.390 e. The van der Waals surface area contributed by atoms with Crippen molar-refractivity contribution in [3.63, 3.8) is 0 Å². The number of carbonyl (C=O) groups excluding carboxylic acids is 2. The molecule has 1 aliphatic heterocycles. The van der Waals surface area contributed by atoms with Crippen LogP contribution in [0.3, 0.4) is 0 Å². The Morgan fingerprint density at radius 2 is 1.96 bits per heavy atom. The van der Waals surface area contributed by atoms with Gasteiger partial charge in [0.15, 0.2) is 0 Å². The molecule has 0 aromatic heterocycles. The molecular formula is C21H27NO4. The van der Waals surface area contributed by atoms with Gasteiger partial charge in [-0.05, 0) is 37.6 Å². The summed E-state index contributed by atoms with van der Waals surface area (Å²) in [7, 11) is 2.05. The first-order valence-electron chi connectivity index (χ1n) is 9.99. The number of fused-ring (bicyclic) bond motifs is 1. The van der Waals surface area contributed by atoms with Crippen molar-refractivity contribution in [3.8, 4) is 0 Å². The largest absolute Gasteiger partial charge is 0.390 e. The van der Waals surface area contributed by atoms with Crippen molar-refractivity contribution in [1.29, 1.82) is 0 Å². The number of hydrogen-bond donors (Lipinski definition) is 2. The van der Waals surface area contributed by atoms with Crippen molar-refractivity contribution >= 4 is 11.6 Å². The van der Waals surface area contributed by atoms with Gasteiger partial charge in [-0.25, -0.2) is 0 Å². The highest BCUT2D eigenvalue weighted by Crippen LogP contribution is 2.81. The maximum absolute atomic E-state index is 13.5. The van der Waals surface area contributed by atoms with Crippen LogP contribution in [0.25, 0.3) is 0 Å². The van der Waals surface area contributed by atoms with Gasteiger partial charge in [-0.15, -0.1) is 0 Å². The van der Waals surface area contributed by atoms with Gasteiger partial charge in [0.1, 0.15) is 11.6 Å². The number of aliphatic hydroxyl groups excluding tert-OH is 2. The number of Topliss-reactive ketones (excluding diaryl/α,β-unsaturated/α-hetero) is 2. The van der Waals surface area contributed by atoms with Crippen LogP contribution in [0.1, 0.15) is 32.6 Å². The smallest absolute Gasteiger partial charge is 0.145 e. The number of likely N-dealkylation sites (tertiary alicyclic amines) is 1. The molecule has 1 saturated heterocycles. The van der Waals surface area contributed by atoms with Gasteiger partial charge in [0, 0.05) is 47.6 Å². The summed E-state index contributed by atoms with van der Waals surface area (Å²) in [6.07, 6.45) is 0.786. The number of piperidine rings is 1. The highest BCUT2D eigenvalue weighted by atomic mass is 16.3. The van der Waals surface area contributed by atoms with Crippen LogP contribution in [0.15, 0.2) is 12.2 Å². The van der Waals surface area contributed by atoms with E-state index in [9.17, 15) is 19.8 Å². The molecule has 10 unspecified atom stereocenters. The van der Waals surface area contributed by atoms with Gasteiger partial charge < -0.3 is 15.1 Å². The third-order valence-corrected chi connectivity index (χ3v) is 9.69. The lowest BCUT2D eigenvalue weighted by Crippen LogP contribution is -2.74. The van der Waals surface area contributed by atoms with Gasteiger partial charge in [-0.3, -0.25) is 9.59 Å². The SMILES string of the molecule is C=C1CC23CC(=O)C4C5(C)CN(C)C6C2C(=O)C1CC3C64CC(O)C5O. The van der Waals surface area contributed by atoms with Crippen LogP contribution in [-0.4, -0.2) is 58.5 Å². The maximum atomic E-state index is 13.5. The van der Waals surface area contributed by atoms with Crippen molar-refractivity contribution in [2.24, 2.45) is 39.9 Å². The number of allylic oxidation sites excluding steroid dienone is 1. The second-order valence-corrected chi connectivity index (χ2v) is 10.6. The predicted molar refractivity (Wildman–Crippen MR) is 93.0 cm³/mol. The van der Waals surface area contributed by atoms with E-state index < -0.39 is 17.6 Å². The zero-order chi connectivity index (χ0) is 18.4. The zero-order valence-corrected chi connectivity index (χ0v) is 15.4. The molecule has 7 fully saturated rings. The molecule has 6 aliphatic carbocycles. The summed E-state index contributed by atoms with van der Waals surface area (Å²) >= 11 is 0. The van der Waals surface area contributed by atoms with Gasteiger partial charge in [0.05, 0.1) is 12.2 Å². The average molecular weight is 357 g/mol. The summed E-state index contributed by atoms with van der Waals surface area (Å²) < 4.78 is 0. The van der Waals surface area contributed by atoms with E-state index in [-0.39, 0.29) is 46.3 Å². The predicted octanol–water partition coefficient (Wildman–Crippen LogP) is 0.789. The van der Waals surface area contributed by atoms with Crippen LogP contribution in [0.5, 0.6) is 0 Å². The summed E-state index contributed by atoms with van der Waals surface area (Å²) in [4.78, 5) is 29.2. The van der Waals surface area contributed by atoms with E-state index in [1.54, 1.807) is 0 Å². The minimum absolute atomic E-state index is 0.0183. The Labute approximate surface area is 153 Å². The van der Waals surface area contributed by atoms with Crippen LogP contribution in [0.4, 0.5) is 0 Å². The molecule has 2 spiro atoms. The first-order valence-corrected chi connectivity index (χ1v) is 9.99. The zero-order valence-electron chi connectivity index (χ0n) is 15.4. The Balaban J connectivity index is 1.67. The molecule has 26 heavy (non-hydrogen) atoms. The third kappa shape index (κ3) is 1.28. The van der Waals surface area contributed by atoms with Crippen molar-refractivity contribution in [1.82, 2.24) is 4.90 Å². The number of ketones is 2. The number of aliphatic hydroxyl groups is 2. The highest BCUT2D eigenvalue weighted by molar-refractivity contribution is 5.95. The van der Waals surface area contributed by atoms with Crippen LogP contribution >= 0.6 is 0 Å². The fraction of sp³-hybridized carbons (Fsp3) is 0.810. The average Bonchev–Trinajstić information content (AvgIpc) is 2.64. The molecule has 6 bridgehead atoms. The van der Waals surface area contributed by atoms with Crippen molar-refractivity contribution in [3.05, 3.63) is 12.2 Å². The van der Waals surface area contributed by atoms with Gasteiger partial charge in [-0.2, -0.15) is 0 Å². The van der Waals surface area contributed by atoms with Gasteiger partial charge in [-0.1, -0.05) is 19.1 Å². The summed E-state index contributed by atoms with van der Waals surface area (Å²) in [6.45, 7) is 6.74. The summed E-state index contributed by atoms with van der Waals surface area (Å²) in [5, 5.41) is 21.7. The third-order valence-electron chi connectivity index (χ3n) is 9.69. The van der Waals surface area contributed by atoms with Crippen LogP contribution in [0.2, 0.25) is 0 Å². The van der Waals surface area contributed by atoms with Gasteiger partial charge in [0.25, 0.3) is 0 Å².